The van der Waals surface area contributed by atoms with Gasteiger partial charge in [0, 0.05) is 32.0 Å². The zero-order valence-corrected chi connectivity index (χ0v) is 17.4. The Morgan fingerprint density at radius 3 is 2.80 bits per heavy atom. The van der Waals surface area contributed by atoms with Crippen LogP contribution in [0.15, 0.2) is 48.9 Å². The summed E-state index contributed by atoms with van der Waals surface area (Å²) in [6.07, 6.45) is 7.14. The van der Waals surface area contributed by atoms with Crippen molar-refractivity contribution in [2.75, 3.05) is 18.0 Å². The molecule has 1 amide bonds. The molecule has 1 aromatic carbocycles. The summed E-state index contributed by atoms with van der Waals surface area (Å²) in [7, 11) is 0. The summed E-state index contributed by atoms with van der Waals surface area (Å²) in [5, 5.41) is 3.09. The van der Waals surface area contributed by atoms with Gasteiger partial charge < -0.3 is 15.0 Å². The Morgan fingerprint density at radius 1 is 1.20 bits per heavy atom. The summed E-state index contributed by atoms with van der Waals surface area (Å²) in [6.45, 7) is 6.12. The summed E-state index contributed by atoms with van der Waals surface area (Å²) >= 11 is 0. The Balaban J connectivity index is 1.35. The molecule has 0 radical (unpaired) electrons. The largest absolute Gasteiger partial charge is 0.491 e. The predicted octanol–water partition coefficient (Wildman–Crippen LogP) is 3.34. The molecule has 0 aliphatic carbocycles. The van der Waals surface area contributed by atoms with Crippen LogP contribution in [-0.2, 0) is 11.3 Å². The average molecular weight is 406 g/mol. The van der Waals surface area contributed by atoms with Crippen LogP contribution >= 0.6 is 0 Å². The van der Waals surface area contributed by atoms with Gasteiger partial charge in [-0.15, -0.1) is 0 Å². The molecule has 0 saturated carbocycles. The van der Waals surface area contributed by atoms with Crippen LogP contribution in [0.25, 0.3) is 11.2 Å². The molecule has 4 rings (SSSR count). The smallest absolute Gasteiger partial charge is 0.225 e. The SMILES string of the molecule is CC(C)Oc1ccc(CNC(=O)C2CCCN(c3cnc4nccnc4c3)C2)cc1. The molecule has 1 unspecified atom stereocenters. The number of amides is 1. The minimum atomic E-state index is -0.0418. The first-order valence-electron chi connectivity index (χ1n) is 10.4. The molecule has 0 spiro atoms. The Kier molecular flexibility index (Phi) is 6.07. The minimum Gasteiger partial charge on any atom is -0.491 e. The van der Waals surface area contributed by atoms with Gasteiger partial charge in [0.1, 0.15) is 11.3 Å². The van der Waals surface area contributed by atoms with Crippen molar-refractivity contribution in [1.82, 2.24) is 20.3 Å². The van der Waals surface area contributed by atoms with Gasteiger partial charge in [0.15, 0.2) is 5.65 Å². The molecule has 7 heteroatoms. The number of anilines is 1. The molecule has 3 aromatic rings. The van der Waals surface area contributed by atoms with Gasteiger partial charge in [0.25, 0.3) is 0 Å². The molecule has 1 aliphatic rings. The Bertz CT molecular complexity index is 1010. The van der Waals surface area contributed by atoms with Crippen LogP contribution in [0.5, 0.6) is 5.75 Å². The Hall–Kier alpha value is -3.22. The summed E-state index contributed by atoms with van der Waals surface area (Å²) in [4.78, 5) is 27.9. The molecule has 156 valence electrons. The third-order valence-corrected chi connectivity index (χ3v) is 5.23. The van der Waals surface area contributed by atoms with Crippen LogP contribution in [0.4, 0.5) is 5.69 Å². The molecule has 0 bridgehead atoms. The summed E-state index contributed by atoms with van der Waals surface area (Å²) < 4.78 is 5.66. The number of fused-ring (bicyclic) bond motifs is 1. The van der Waals surface area contributed by atoms with Gasteiger partial charge in [-0.05, 0) is 50.5 Å². The van der Waals surface area contributed by atoms with Crippen molar-refractivity contribution in [1.29, 1.82) is 0 Å². The van der Waals surface area contributed by atoms with Crippen LogP contribution in [-0.4, -0.2) is 40.1 Å². The zero-order chi connectivity index (χ0) is 20.9. The van der Waals surface area contributed by atoms with E-state index in [1.54, 1.807) is 12.4 Å². The maximum Gasteiger partial charge on any atom is 0.225 e. The van der Waals surface area contributed by atoms with Crippen LogP contribution in [0, 0.1) is 5.92 Å². The number of aromatic nitrogens is 3. The predicted molar refractivity (Wildman–Crippen MR) is 116 cm³/mol. The summed E-state index contributed by atoms with van der Waals surface area (Å²) in [6, 6.07) is 9.87. The number of carbonyl (C=O) groups excluding carboxylic acids is 1. The number of hydrogen-bond acceptors (Lipinski definition) is 6. The summed E-state index contributed by atoms with van der Waals surface area (Å²) in [5.74, 6) is 0.896. The van der Waals surface area contributed by atoms with E-state index in [9.17, 15) is 4.79 Å². The molecule has 1 fully saturated rings. The number of piperidine rings is 1. The van der Waals surface area contributed by atoms with E-state index < -0.39 is 0 Å². The van der Waals surface area contributed by atoms with Crippen LogP contribution in [0.1, 0.15) is 32.3 Å². The molecular weight excluding hydrogens is 378 g/mol. The van der Waals surface area contributed by atoms with Gasteiger partial charge in [-0.3, -0.25) is 9.78 Å². The van der Waals surface area contributed by atoms with E-state index in [-0.39, 0.29) is 17.9 Å². The first kappa shape index (κ1) is 20.1. The highest BCUT2D eigenvalue weighted by molar-refractivity contribution is 5.80. The molecule has 7 nitrogen and oxygen atoms in total. The van der Waals surface area contributed by atoms with E-state index in [1.165, 1.54) is 0 Å². The highest BCUT2D eigenvalue weighted by Crippen LogP contribution is 2.24. The van der Waals surface area contributed by atoms with E-state index in [0.29, 0.717) is 18.7 Å². The van der Waals surface area contributed by atoms with Gasteiger partial charge in [0.05, 0.1) is 23.9 Å². The number of rotatable bonds is 6. The maximum absolute atomic E-state index is 12.8. The van der Waals surface area contributed by atoms with Gasteiger partial charge in [-0.1, -0.05) is 12.1 Å². The lowest BCUT2D eigenvalue weighted by atomic mass is 9.96. The fraction of sp³-hybridized carbons (Fsp3) is 0.391. The third-order valence-electron chi connectivity index (χ3n) is 5.23. The Labute approximate surface area is 176 Å². The molecule has 1 N–H and O–H groups in total. The number of pyridine rings is 1. The monoisotopic (exact) mass is 405 g/mol. The van der Waals surface area contributed by atoms with E-state index in [0.717, 1.165) is 41.9 Å². The second kappa shape index (κ2) is 9.07. The van der Waals surface area contributed by atoms with Gasteiger partial charge in [-0.25, -0.2) is 9.97 Å². The summed E-state index contributed by atoms with van der Waals surface area (Å²) in [5.41, 5.74) is 3.45. The van der Waals surface area contributed by atoms with E-state index in [1.807, 2.05) is 50.4 Å². The lowest BCUT2D eigenvalue weighted by Gasteiger charge is -2.33. The minimum absolute atomic E-state index is 0.0418. The number of nitrogens with one attached hydrogen (secondary N) is 1. The van der Waals surface area contributed by atoms with Crippen molar-refractivity contribution in [3.8, 4) is 5.75 Å². The normalized spacial score (nSPS) is 16.6. The first-order valence-corrected chi connectivity index (χ1v) is 10.4. The number of nitrogens with zero attached hydrogens (tertiary/aromatic N) is 4. The standard InChI is InChI=1S/C23H27N5O2/c1-16(2)30-20-7-5-17(6-8-20)13-27-23(29)18-4-3-11-28(15-18)19-12-21-22(26-14-19)25-10-9-24-21/h5-10,12,14,16,18H,3-4,11,13,15H2,1-2H3,(H,27,29). The van der Waals surface area contributed by atoms with Crippen molar-refractivity contribution in [3.63, 3.8) is 0 Å². The van der Waals surface area contributed by atoms with Gasteiger partial charge in [-0.2, -0.15) is 0 Å². The fourth-order valence-corrected chi connectivity index (χ4v) is 3.74. The lowest BCUT2D eigenvalue weighted by Crippen LogP contribution is -2.43. The molecule has 1 aliphatic heterocycles. The number of benzene rings is 1. The van der Waals surface area contributed by atoms with E-state index >= 15 is 0 Å². The Morgan fingerprint density at radius 2 is 2.00 bits per heavy atom. The van der Waals surface area contributed by atoms with Crippen molar-refractivity contribution in [3.05, 3.63) is 54.5 Å². The van der Waals surface area contributed by atoms with Crippen molar-refractivity contribution in [2.24, 2.45) is 5.92 Å². The van der Waals surface area contributed by atoms with Crippen LogP contribution in [0.3, 0.4) is 0 Å². The fourth-order valence-electron chi connectivity index (χ4n) is 3.74. The number of carbonyl (C=O) groups is 1. The zero-order valence-electron chi connectivity index (χ0n) is 17.4. The van der Waals surface area contributed by atoms with Crippen molar-refractivity contribution in [2.45, 2.75) is 39.3 Å². The van der Waals surface area contributed by atoms with E-state index in [4.69, 9.17) is 4.74 Å². The highest BCUT2D eigenvalue weighted by Gasteiger charge is 2.26. The van der Waals surface area contributed by atoms with Gasteiger partial charge >= 0.3 is 0 Å². The molecule has 1 saturated heterocycles. The topological polar surface area (TPSA) is 80.2 Å². The number of ether oxygens (including phenoxy) is 1. The molecule has 2 aromatic heterocycles. The first-order chi connectivity index (χ1) is 14.6. The second-order valence-electron chi connectivity index (χ2n) is 7.91. The lowest BCUT2D eigenvalue weighted by molar-refractivity contribution is -0.125. The maximum atomic E-state index is 12.8. The van der Waals surface area contributed by atoms with E-state index in [2.05, 4.69) is 25.2 Å². The molecule has 30 heavy (non-hydrogen) atoms. The average Bonchev–Trinajstić information content (AvgIpc) is 2.78. The van der Waals surface area contributed by atoms with Crippen LogP contribution < -0.4 is 15.0 Å². The van der Waals surface area contributed by atoms with Crippen molar-refractivity contribution < 1.29 is 9.53 Å². The molecule has 1 atom stereocenters. The highest BCUT2D eigenvalue weighted by atomic mass is 16.5. The van der Waals surface area contributed by atoms with Gasteiger partial charge in [0.2, 0.25) is 5.91 Å². The molecule has 3 heterocycles. The third kappa shape index (κ3) is 4.84. The second-order valence-corrected chi connectivity index (χ2v) is 7.91. The van der Waals surface area contributed by atoms with Crippen LogP contribution in [0.2, 0.25) is 0 Å². The molecular formula is C23H27N5O2. The quantitative estimate of drug-likeness (QED) is 0.677. The number of hydrogen-bond donors (Lipinski definition) is 1. The van der Waals surface area contributed by atoms with Crippen molar-refractivity contribution >= 4 is 22.8 Å².